The van der Waals surface area contributed by atoms with Gasteiger partial charge in [-0.25, -0.2) is 14.4 Å². The summed E-state index contributed by atoms with van der Waals surface area (Å²) >= 11 is 0. The summed E-state index contributed by atoms with van der Waals surface area (Å²) in [6.45, 7) is 14.4. The second kappa shape index (κ2) is 32.8. The van der Waals surface area contributed by atoms with Crippen molar-refractivity contribution in [1.82, 2.24) is 26.3 Å². The van der Waals surface area contributed by atoms with Gasteiger partial charge < -0.3 is 40.7 Å². The number of likely N-dealkylation sites (N-methyl/N-ethyl adjacent to an activating group) is 1. The Bertz CT molecular complexity index is 1270. The summed E-state index contributed by atoms with van der Waals surface area (Å²) in [6.07, 6.45) is -0.257. The zero-order chi connectivity index (χ0) is 39.3. The van der Waals surface area contributed by atoms with Crippen LogP contribution >= 0.6 is 0 Å². The number of esters is 4. The van der Waals surface area contributed by atoms with Crippen molar-refractivity contribution in [3.05, 3.63) is 0 Å². The number of nitrogens with one attached hydrogen (secondary N) is 4. The van der Waals surface area contributed by atoms with Crippen molar-refractivity contribution in [3.63, 3.8) is 0 Å². The molecule has 1 saturated heterocycles. The molecule has 17 nitrogen and oxygen atoms in total. The molecule has 0 radical (unpaired) electrons. The highest BCUT2D eigenvalue weighted by Crippen LogP contribution is 2.40. The number of Topliss-reactive ketones (excluding diaryl/α,β-unsaturated/α-hetero) is 1. The summed E-state index contributed by atoms with van der Waals surface area (Å²) in [5, 5.41) is 21.7. The zero-order valence-electron chi connectivity index (χ0n) is 31.5. The predicted molar refractivity (Wildman–Crippen MR) is 235 cm³/mol. The second-order valence-corrected chi connectivity index (χ2v) is 15.0. The maximum atomic E-state index is 12.9. The number of carbonyl (C=O) groups is 8. The van der Waals surface area contributed by atoms with E-state index in [-0.39, 0.29) is 109 Å². The molecular formula is C42H89N5O12. The average molecular weight is 856 g/mol. The molecule has 0 aromatic carbocycles. The normalized spacial score (nSPS) is 15.1. The maximum Gasteiger partial charge on any atom is 0.332 e. The molecule has 1 aliphatic rings. The lowest BCUT2D eigenvalue weighted by Crippen LogP contribution is -2.60. The highest BCUT2D eigenvalue weighted by Gasteiger charge is 2.48. The molecule has 0 bridgehead atoms. The van der Waals surface area contributed by atoms with E-state index in [1.807, 2.05) is 13.8 Å². The third-order valence-electron chi connectivity index (χ3n) is 8.10. The van der Waals surface area contributed by atoms with Crippen molar-refractivity contribution >= 4 is 47.4 Å². The maximum absolute atomic E-state index is 12.9. The van der Waals surface area contributed by atoms with Crippen LogP contribution in [0.15, 0.2) is 0 Å². The van der Waals surface area contributed by atoms with E-state index >= 15 is 0 Å². The molecule has 0 aliphatic carbocycles. The quantitative estimate of drug-likeness (QED) is 0.0571. The molecule has 354 valence electrons. The van der Waals surface area contributed by atoms with Crippen LogP contribution in [0.5, 0.6) is 0 Å². The first kappa shape index (κ1) is 72.6. The van der Waals surface area contributed by atoms with Gasteiger partial charge in [-0.3, -0.25) is 24.0 Å². The molecule has 1 aliphatic heterocycles. The number of ether oxygens (including phenoxy) is 3. The Kier molecular flexibility index (Phi) is 40.4. The SMILES string of the molecule is C.C.C.C.C.C.C.C.CNC(CNC(=O)CC(=O)NC(CC(C)C)C(=O)OCOC(=O)C(CC(C)C)NC(=O)CC(C)=O)C(=O)OC(=O)C1CC(C)(C)N(O)C(C)(C)C1. The van der Waals surface area contributed by atoms with Crippen molar-refractivity contribution in [2.24, 2.45) is 17.8 Å². The lowest BCUT2D eigenvalue weighted by Gasteiger charge is -2.50. The number of ketones is 1. The van der Waals surface area contributed by atoms with Crippen molar-refractivity contribution in [3.8, 4) is 0 Å². The van der Waals surface area contributed by atoms with Crippen molar-refractivity contribution in [2.75, 3.05) is 20.4 Å². The van der Waals surface area contributed by atoms with E-state index in [2.05, 4.69) is 21.3 Å². The summed E-state index contributed by atoms with van der Waals surface area (Å²) in [5.41, 5.74) is -1.48. The van der Waals surface area contributed by atoms with Crippen molar-refractivity contribution < 1.29 is 57.8 Å². The lowest BCUT2D eigenvalue weighted by molar-refractivity contribution is -0.251. The number of hydrogen-bond acceptors (Lipinski definition) is 14. The topological polar surface area (TPSA) is 236 Å². The van der Waals surface area contributed by atoms with E-state index in [1.165, 1.54) is 19.0 Å². The fraction of sp³-hybridized carbons (Fsp3) is 0.810. The van der Waals surface area contributed by atoms with Gasteiger partial charge in [-0.15, -0.1) is 0 Å². The molecule has 0 aromatic rings. The molecule has 1 heterocycles. The summed E-state index contributed by atoms with van der Waals surface area (Å²) in [4.78, 5) is 99.6. The zero-order valence-corrected chi connectivity index (χ0v) is 31.5. The molecule has 3 amide bonds. The molecule has 0 spiro atoms. The van der Waals surface area contributed by atoms with E-state index in [1.54, 1.807) is 41.5 Å². The summed E-state index contributed by atoms with van der Waals surface area (Å²) in [5.74, 6) is -6.86. The van der Waals surface area contributed by atoms with Crippen LogP contribution in [-0.2, 0) is 52.6 Å². The van der Waals surface area contributed by atoms with Gasteiger partial charge in [0.05, 0.1) is 12.3 Å². The number of carbonyl (C=O) groups excluding carboxylic acids is 8. The Morgan fingerprint density at radius 2 is 1.03 bits per heavy atom. The first-order chi connectivity index (χ1) is 23.5. The Hall–Kier alpha value is -3.96. The highest BCUT2D eigenvalue weighted by molar-refractivity contribution is 5.99. The van der Waals surface area contributed by atoms with Crippen LogP contribution in [0.2, 0.25) is 0 Å². The van der Waals surface area contributed by atoms with Gasteiger partial charge in [-0.2, -0.15) is 5.06 Å². The molecule has 5 N–H and O–H groups in total. The summed E-state index contributed by atoms with van der Waals surface area (Å²) < 4.78 is 15.2. The van der Waals surface area contributed by atoms with E-state index in [4.69, 9.17) is 14.2 Å². The molecule has 3 unspecified atom stereocenters. The van der Waals surface area contributed by atoms with E-state index in [0.29, 0.717) is 0 Å². The highest BCUT2D eigenvalue weighted by atomic mass is 16.7. The molecule has 1 rings (SSSR count). The van der Waals surface area contributed by atoms with Crippen LogP contribution < -0.4 is 21.3 Å². The van der Waals surface area contributed by atoms with Gasteiger partial charge in [0.25, 0.3) is 0 Å². The predicted octanol–water partition coefficient (Wildman–Crippen LogP) is 5.98. The van der Waals surface area contributed by atoms with Crippen molar-refractivity contribution in [1.29, 1.82) is 0 Å². The number of piperidine rings is 1. The van der Waals surface area contributed by atoms with Crippen molar-refractivity contribution in [2.45, 2.75) is 189 Å². The molecular weight excluding hydrogens is 766 g/mol. The first-order valence-corrected chi connectivity index (χ1v) is 17.1. The van der Waals surface area contributed by atoms with Crippen LogP contribution in [0.1, 0.15) is 160 Å². The van der Waals surface area contributed by atoms with Crippen LogP contribution in [0, 0.1) is 17.8 Å². The van der Waals surface area contributed by atoms with Gasteiger partial charge in [0.2, 0.25) is 24.5 Å². The van der Waals surface area contributed by atoms with Gasteiger partial charge in [0.15, 0.2) is 0 Å². The molecule has 59 heavy (non-hydrogen) atoms. The second-order valence-electron chi connectivity index (χ2n) is 15.0. The van der Waals surface area contributed by atoms with Gasteiger partial charge >= 0.3 is 23.9 Å². The third-order valence-corrected chi connectivity index (χ3v) is 8.10. The lowest BCUT2D eigenvalue weighted by atomic mass is 9.75. The van der Waals surface area contributed by atoms with Crippen LogP contribution in [0.25, 0.3) is 0 Å². The fourth-order valence-corrected chi connectivity index (χ4v) is 5.85. The van der Waals surface area contributed by atoms with Crippen LogP contribution in [0.4, 0.5) is 0 Å². The summed E-state index contributed by atoms with van der Waals surface area (Å²) in [6, 6.07) is -3.38. The molecule has 1 fully saturated rings. The fourth-order valence-electron chi connectivity index (χ4n) is 5.85. The van der Waals surface area contributed by atoms with E-state index < -0.39 is 96.4 Å². The first-order valence-electron chi connectivity index (χ1n) is 17.1. The molecule has 0 saturated carbocycles. The minimum atomic E-state index is -1.19. The Morgan fingerprint density at radius 1 is 0.644 bits per heavy atom. The van der Waals surface area contributed by atoms with Crippen LogP contribution in [0.3, 0.4) is 0 Å². The number of hydrogen-bond donors (Lipinski definition) is 5. The van der Waals surface area contributed by atoms with Gasteiger partial charge in [-0.1, -0.05) is 87.1 Å². The summed E-state index contributed by atoms with van der Waals surface area (Å²) in [7, 11) is 1.43. The number of nitrogens with zero attached hydrogens (tertiary/aromatic N) is 1. The smallest absolute Gasteiger partial charge is 0.332 e. The number of hydroxylamine groups is 2. The number of rotatable bonds is 19. The van der Waals surface area contributed by atoms with Gasteiger partial charge in [-0.05, 0) is 79.2 Å². The molecule has 17 heteroatoms. The molecule has 0 aromatic heterocycles. The Balaban J connectivity index is -0.000000542. The largest absolute Gasteiger partial charge is 0.426 e. The third kappa shape index (κ3) is 26.0. The average Bonchev–Trinajstić information content (AvgIpc) is 2.98. The standard InChI is InChI=1S/C34H57N5O12.8CH4/c1-19(2)11-23(37-27(42)13-21(5)40)30(45)49-18-50-31(46)24(12-20(3)4)38-28(43)14-26(41)36-17-25(35-10)32(47)51-29(44)22-15-33(6,7)39(48)34(8,9)16-22;;;;;;;;/h19-20,22-25,35,48H,11-18H2,1-10H3,(H,36,41)(H,37,42)(H,38,43);8*1H4. The van der Waals surface area contributed by atoms with E-state index in [9.17, 15) is 43.6 Å². The molecule has 3 atom stereocenters. The van der Waals surface area contributed by atoms with Gasteiger partial charge in [0.1, 0.15) is 30.3 Å². The monoisotopic (exact) mass is 856 g/mol. The minimum absolute atomic E-state index is 0. The Morgan fingerprint density at radius 3 is 1.39 bits per heavy atom. The van der Waals surface area contributed by atoms with Crippen LogP contribution in [-0.4, -0.2) is 107 Å². The Labute approximate surface area is 358 Å². The van der Waals surface area contributed by atoms with E-state index in [0.717, 1.165) is 0 Å². The van der Waals surface area contributed by atoms with Gasteiger partial charge in [0, 0.05) is 17.6 Å². The minimum Gasteiger partial charge on any atom is -0.426 e. The number of amides is 3.